The molecule has 0 bridgehead atoms. The Hall–Kier alpha value is -2.08. The summed E-state index contributed by atoms with van der Waals surface area (Å²) in [5.41, 5.74) is 3.82. The van der Waals surface area contributed by atoms with Crippen LogP contribution in [-0.4, -0.2) is 28.4 Å². The number of hydrogen-bond acceptors (Lipinski definition) is 6. The number of rotatable bonds is 4. The number of anilines is 1. The Morgan fingerprint density at radius 1 is 1.18 bits per heavy atom. The van der Waals surface area contributed by atoms with Crippen molar-refractivity contribution in [3.05, 3.63) is 41.2 Å². The van der Waals surface area contributed by atoms with Crippen molar-refractivity contribution < 1.29 is 4.52 Å². The molecule has 0 aliphatic heterocycles. The number of benzene rings is 1. The highest BCUT2D eigenvalue weighted by molar-refractivity contribution is 7.98. The largest absolute Gasteiger partial charge is 0.356 e. The second-order valence-corrected chi connectivity index (χ2v) is 6.00. The van der Waals surface area contributed by atoms with Crippen LogP contribution in [0, 0.1) is 13.8 Å². The van der Waals surface area contributed by atoms with Crippen molar-refractivity contribution >= 4 is 28.5 Å². The van der Waals surface area contributed by atoms with E-state index in [1.54, 1.807) is 11.8 Å². The third kappa shape index (κ3) is 2.66. The standard InChI is InChI=1S/C16H18N4OS/c1-10-11(2)17-16(22-4)18-15(10)20(3)9-13-12-7-5-6-8-14(12)21-19-13/h5-8H,9H2,1-4H3. The quantitative estimate of drug-likeness (QED) is 0.542. The Kier molecular flexibility index (Phi) is 4.02. The summed E-state index contributed by atoms with van der Waals surface area (Å²) in [5.74, 6) is 0.934. The van der Waals surface area contributed by atoms with Crippen LogP contribution in [0.1, 0.15) is 17.0 Å². The number of nitrogens with zero attached hydrogens (tertiary/aromatic N) is 4. The van der Waals surface area contributed by atoms with E-state index in [2.05, 4.69) is 20.0 Å². The average Bonchev–Trinajstić information content (AvgIpc) is 2.93. The SMILES string of the molecule is CSc1nc(C)c(C)c(N(C)Cc2noc3ccccc23)n1. The molecule has 0 spiro atoms. The number of thioether (sulfide) groups is 1. The van der Waals surface area contributed by atoms with E-state index in [0.29, 0.717) is 6.54 Å². The predicted octanol–water partition coefficient (Wildman–Crippen LogP) is 3.59. The first-order valence-electron chi connectivity index (χ1n) is 7.04. The average molecular weight is 314 g/mol. The Balaban J connectivity index is 1.94. The van der Waals surface area contributed by atoms with Crippen molar-refractivity contribution in [1.82, 2.24) is 15.1 Å². The van der Waals surface area contributed by atoms with Crippen molar-refractivity contribution in [2.45, 2.75) is 25.5 Å². The minimum absolute atomic E-state index is 0.641. The summed E-state index contributed by atoms with van der Waals surface area (Å²) in [6.45, 7) is 4.70. The molecule has 0 N–H and O–H groups in total. The zero-order chi connectivity index (χ0) is 15.7. The maximum absolute atomic E-state index is 5.37. The van der Waals surface area contributed by atoms with Crippen LogP contribution >= 0.6 is 11.8 Å². The van der Waals surface area contributed by atoms with Gasteiger partial charge in [0.25, 0.3) is 0 Å². The van der Waals surface area contributed by atoms with E-state index in [-0.39, 0.29) is 0 Å². The molecule has 5 nitrogen and oxygen atoms in total. The van der Waals surface area contributed by atoms with Crippen LogP contribution in [0.5, 0.6) is 0 Å². The zero-order valence-electron chi connectivity index (χ0n) is 13.1. The maximum Gasteiger partial charge on any atom is 0.189 e. The zero-order valence-corrected chi connectivity index (χ0v) is 13.9. The molecule has 3 aromatic rings. The summed E-state index contributed by atoms with van der Waals surface area (Å²) in [6, 6.07) is 7.90. The van der Waals surface area contributed by atoms with E-state index in [0.717, 1.165) is 38.9 Å². The van der Waals surface area contributed by atoms with Crippen molar-refractivity contribution in [1.29, 1.82) is 0 Å². The second-order valence-electron chi connectivity index (χ2n) is 5.23. The third-order valence-corrected chi connectivity index (χ3v) is 4.27. The molecule has 22 heavy (non-hydrogen) atoms. The number of aryl methyl sites for hydroxylation is 1. The predicted molar refractivity (Wildman–Crippen MR) is 89.4 cm³/mol. The Morgan fingerprint density at radius 2 is 1.95 bits per heavy atom. The van der Waals surface area contributed by atoms with E-state index >= 15 is 0 Å². The first-order valence-corrected chi connectivity index (χ1v) is 8.26. The maximum atomic E-state index is 5.37. The molecule has 0 aliphatic rings. The lowest BCUT2D eigenvalue weighted by Crippen LogP contribution is -2.20. The Bertz CT molecular complexity index is 815. The van der Waals surface area contributed by atoms with Crippen molar-refractivity contribution in [3.63, 3.8) is 0 Å². The van der Waals surface area contributed by atoms with E-state index in [4.69, 9.17) is 4.52 Å². The highest BCUT2D eigenvalue weighted by Crippen LogP contribution is 2.25. The van der Waals surface area contributed by atoms with Gasteiger partial charge in [0.15, 0.2) is 10.7 Å². The van der Waals surface area contributed by atoms with Gasteiger partial charge in [-0.3, -0.25) is 0 Å². The van der Waals surface area contributed by atoms with E-state index < -0.39 is 0 Å². The highest BCUT2D eigenvalue weighted by atomic mass is 32.2. The van der Waals surface area contributed by atoms with Crippen LogP contribution in [-0.2, 0) is 6.54 Å². The fourth-order valence-electron chi connectivity index (χ4n) is 2.40. The van der Waals surface area contributed by atoms with E-state index in [1.807, 2.05) is 51.4 Å². The van der Waals surface area contributed by atoms with Crippen LogP contribution in [0.2, 0.25) is 0 Å². The van der Waals surface area contributed by atoms with Crippen LogP contribution in [0.25, 0.3) is 11.0 Å². The van der Waals surface area contributed by atoms with Gasteiger partial charge < -0.3 is 9.42 Å². The molecule has 0 saturated heterocycles. The summed E-state index contributed by atoms with van der Waals surface area (Å²) >= 11 is 1.55. The van der Waals surface area contributed by atoms with Crippen molar-refractivity contribution in [3.8, 4) is 0 Å². The molecule has 3 rings (SSSR count). The van der Waals surface area contributed by atoms with Gasteiger partial charge in [0.2, 0.25) is 0 Å². The van der Waals surface area contributed by atoms with Crippen LogP contribution in [0.3, 0.4) is 0 Å². The number of para-hydroxylation sites is 1. The van der Waals surface area contributed by atoms with Gasteiger partial charge in [-0.1, -0.05) is 29.1 Å². The summed E-state index contributed by atoms with van der Waals surface area (Å²) in [6.07, 6.45) is 1.99. The van der Waals surface area contributed by atoms with Crippen LogP contribution < -0.4 is 4.90 Å². The first kappa shape index (κ1) is 14.8. The summed E-state index contributed by atoms with van der Waals surface area (Å²) in [7, 11) is 2.02. The number of fused-ring (bicyclic) bond motifs is 1. The van der Waals surface area contributed by atoms with Crippen LogP contribution in [0.15, 0.2) is 33.9 Å². The number of aromatic nitrogens is 3. The first-order chi connectivity index (χ1) is 10.6. The van der Waals surface area contributed by atoms with Gasteiger partial charge in [-0.05, 0) is 32.2 Å². The van der Waals surface area contributed by atoms with Gasteiger partial charge in [0.1, 0.15) is 11.5 Å². The summed E-state index contributed by atoms with van der Waals surface area (Å²) < 4.78 is 5.37. The minimum Gasteiger partial charge on any atom is -0.356 e. The molecular weight excluding hydrogens is 296 g/mol. The van der Waals surface area contributed by atoms with Gasteiger partial charge in [0, 0.05) is 23.7 Å². The molecule has 0 aliphatic carbocycles. The Labute approximate surface area is 133 Å². The third-order valence-electron chi connectivity index (χ3n) is 3.73. The Morgan fingerprint density at radius 3 is 2.73 bits per heavy atom. The monoisotopic (exact) mass is 314 g/mol. The van der Waals surface area contributed by atoms with Gasteiger partial charge in [0.05, 0.1) is 6.54 Å². The van der Waals surface area contributed by atoms with E-state index in [1.165, 1.54) is 0 Å². The molecule has 0 radical (unpaired) electrons. The molecule has 0 saturated carbocycles. The lowest BCUT2D eigenvalue weighted by Gasteiger charge is -2.20. The molecule has 2 aromatic heterocycles. The molecule has 1 aromatic carbocycles. The molecule has 0 atom stereocenters. The fourth-order valence-corrected chi connectivity index (χ4v) is 2.81. The molecule has 6 heteroatoms. The van der Waals surface area contributed by atoms with Gasteiger partial charge in [-0.2, -0.15) is 0 Å². The van der Waals surface area contributed by atoms with Gasteiger partial charge in [-0.15, -0.1) is 0 Å². The van der Waals surface area contributed by atoms with Crippen molar-refractivity contribution in [2.75, 3.05) is 18.2 Å². The lowest BCUT2D eigenvalue weighted by molar-refractivity contribution is 0.445. The molecule has 114 valence electrons. The second kappa shape index (κ2) is 5.96. The molecule has 0 unspecified atom stereocenters. The lowest BCUT2D eigenvalue weighted by atomic mass is 10.2. The van der Waals surface area contributed by atoms with Crippen molar-refractivity contribution in [2.24, 2.45) is 0 Å². The summed E-state index contributed by atoms with van der Waals surface area (Å²) in [5, 5.41) is 6.02. The smallest absolute Gasteiger partial charge is 0.189 e. The van der Waals surface area contributed by atoms with Crippen LogP contribution in [0.4, 0.5) is 5.82 Å². The fraction of sp³-hybridized carbons (Fsp3) is 0.312. The summed E-state index contributed by atoms with van der Waals surface area (Å²) in [4.78, 5) is 11.2. The molecular formula is C16H18N4OS. The van der Waals surface area contributed by atoms with Gasteiger partial charge in [-0.25, -0.2) is 9.97 Å². The van der Waals surface area contributed by atoms with Gasteiger partial charge >= 0.3 is 0 Å². The number of hydrogen-bond donors (Lipinski definition) is 0. The molecule has 0 fully saturated rings. The van der Waals surface area contributed by atoms with E-state index in [9.17, 15) is 0 Å². The minimum atomic E-state index is 0.641. The molecule has 2 heterocycles. The normalized spacial score (nSPS) is 11.1. The molecule has 0 amide bonds. The highest BCUT2D eigenvalue weighted by Gasteiger charge is 2.15. The topological polar surface area (TPSA) is 55.1 Å².